The van der Waals surface area contributed by atoms with Gasteiger partial charge in [0.1, 0.15) is 6.23 Å². The van der Waals surface area contributed by atoms with E-state index in [4.69, 9.17) is 9.31 Å². The van der Waals surface area contributed by atoms with Gasteiger partial charge in [-0.05, 0) is 63.8 Å². The van der Waals surface area contributed by atoms with Gasteiger partial charge in [-0.15, -0.1) is 0 Å². The number of halogens is 3. The van der Waals surface area contributed by atoms with Crippen molar-refractivity contribution in [3.05, 3.63) is 58.5 Å². The SMILES string of the molecule is Cc1cc(B2OC(C)(C)C(C)(C)O2)ccc1-n1c(=O)n(CC(O)NCC(F)(F)F)c2ccccc21. The third-order valence-corrected chi connectivity index (χ3v) is 6.72. The van der Waals surface area contributed by atoms with Gasteiger partial charge in [0.15, 0.2) is 0 Å². The number of nitrogens with one attached hydrogen (secondary N) is 1. The van der Waals surface area contributed by atoms with Crippen LogP contribution >= 0.6 is 0 Å². The number of aliphatic hydroxyl groups excluding tert-OH is 1. The number of para-hydroxylation sites is 2. The number of benzene rings is 2. The van der Waals surface area contributed by atoms with Crippen molar-refractivity contribution in [2.24, 2.45) is 0 Å². The number of imidazole rings is 1. The molecule has 0 saturated carbocycles. The molecular weight excluding hydrogens is 462 g/mol. The Morgan fingerprint density at radius 2 is 1.66 bits per heavy atom. The third-order valence-electron chi connectivity index (χ3n) is 6.72. The van der Waals surface area contributed by atoms with Crippen LogP contribution in [0.15, 0.2) is 47.3 Å². The minimum atomic E-state index is -4.48. The van der Waals surface area contributed by atoms with Crippen LogP contribution in [0.3, 0.4) is 0 Å². The van der Waals surface area contributed by atoms with E-state index in [0.717, 1.165) is 11.0 Å². The van der Waals surface area contributed by atoms with Crippen molar-refractivity contribution in [2.45, 2.75) is 64.8 Å². The molecule has 0 amide bonds. The second-order valence-corrected chi connectivity index (χ2v) is 9.86. The van der Waals surface area contributed by atoms with Crippen LogP contribution in [0.1, 0.15) is 33.3 Å². The van der Waals surface area contributed by atoms with E-state index in [0.29, 0.717) is 16.7 Å². The normalized spacial score (nSPS) is 18.4. The molecule has 0 spiro atoms. The first-order valence-electron chi connectivity index (χ1n) is 11.4. The molecular formula is C24H29BF3N3O4. The molecule has 1 fully saturated rings. The highest BCUT2D eigenvalue weighted by molar-refractivity contribution is 6.62. The monoisotopic (exact) mass is 491 g/mol. The summed E-state index contributed by atoms with van der Waals surface area (Å²) in [6.07, 6.45) is -6.03. The van der Waals surface area contributed by atoms with Crippen molar-refractivity contribution in [3.8, 4) is 5.69 Å². The number of fused-ring (bicyclic) bond motifs is 1. The minimum Gasteiger partial charge on any atom is -0.399 e. The molecule has 0 radical (unpaired) electrons. The predicted octanol–water partition coefficient (Wildman–Crippen LogP) is 2.87. The number of alkyl halides is 3. The Labute approximate surface area is 201 Å². The largest absolute Gasteiger partial charge is 0.494 e. The summed E-state index contributed by atoms with van der Waals surface area (Å²) in [6.45, 7) is 8.05. The van der Waals surface area contributed by atoms with Crippen LogP contribution in [0.2, 0.25) is 0 Å². The zero-order valence-corrected chi connectivity index (χ0v) is 20.3. The lowest BCUT2D eigenvalue weighted by Crippen LogP contribution is -2.41. The molecule has 1 saturated heterocycles. The number of hydrogen-bond donors (Lipinski definition) is 2. The minimum absolute atomic E-state index is 0.340. The zero-order valence-electron chi connectivity index (χ0n) is 20.3. The summed E-state index contributed by atoms with van der Waals surface area (Å²) in [6, 6.07) is 12.5. The molecule has 4 rings (SSSR count). The summed E-state index contributed by atoms with van der Waals surface area (Å²) in [5.41, 5.74) is 1.84. The molecule has 0 bridgehead atoms. The number of aryl methyl sites for hydroxylation is 1. The molecule has 2 heterocycles. The Morgan fingerprint density at radius 3 is 2.23 bits per heavy atom. The molecule has 11 heteroatoms. The molecule has 7 nitrogen and oxygen atoms in total. The molecule has 3 aromatic rings. The molecule has 2 N–H and O–H groups in total. The summed E-state index contributed by atoms with van der Waals surface area (Å²) in [5.74, 6) is 0. The Balaban J connectivity index is 1.69. The van der Waals surface area contributed by atoms with Gasteiger partial charge in [0.05, 0.1) is 41.0 Å². The van der Waals surface area contributed by atoms with E-state index >= 15 is 0 Å². The maximum atomic E-state index is 13.4. The molecule has 0 aliphatic carbocycles. The summed E-state index contributed by atoms with van der Waals surface area (Å²) < 4.78 is 52.6. The maximum Gasteiger partial charge on any atom is 0.494 e. The maximum absolute atomic E-state index is 13.4. The van der Waals surface area contributed by atoms with Crippen LogP contribution in [-0.4, -0.2) is 51.5 Å². The van der Waals surface area contributed by atoms with E-state index in [1.807, 2.05) is 52.1 Å². The molecule has 35 heavy (non-hydrogen) atoms. The zero-order chi connectivity index (χ0) is 25.8. The fourth-order valence-corrected chi connectivity index (χ4v) is 4.14. The number of nitrogens with zero attached hydrogens (tertiary/aromatic N) is 2. The number of rotatable bonds is 6. The van der Waals surface area contributed by atoms with Crippen LogP contribution < -0.4 is 16.5 Å². The molecule has 188 valence electrons. The first-order valence-corrected chi connectivity index (χ1v) is 11.4. The summed E-state index contributed by atoms with van der Waals surface area (Å²) in [5, 5.41) is 12.1. The van der Waals surface area contributed by atoms with E-state index in [-0.39, 0.29) is 6.54 Å². The molecule has 1 atom stereocenters. The second kappa shape index (κ2) is 8.81. The van der Waals surface area contributed by atoms with Crippen molar-refractivity contribution < 1.29 is 27.6 Å². The highest BCUT2D eigenvalue weighted by atomic mass is 19.4. The van der Waals surface area contributed by atoms with E-state index < -0.39 is 43.0 Å². The van der Waals surface area contributed by atoms with Crippen molar-refractivity contribution in [1.29, 1.82) is 0 Å². The van der Waals surface area contributed by atoms with Crippen LogP contribution in [0.5, 0.6) is 0 Å². The van der Waals surface area contributed by atoms with Gasteiger partial charge in [0.2, 0.25) is 0 Å². The first kappa shape index (κ1) is 25.5. The Kier molecular flexibility index (Phi) is 6.42. The average Bonchev–Trinajstić information content (AvgIpc) is 3.15. The lowest BCUT2D eigenvalue weighted by atomic mass is 9.78. The van der Waals surface area contributed by atoms with E-state index in [1.54, 1.807) is 30.3 Å². The van der Waals surface area contributed by atoms with E-state index in [2.05, 4.69) is 0 Å². The summed E-state index contributed by atoms with van der Waals surface area (Å²) in [7, 11) is -0.555. The fourth-order valence-electron chi connectivity index (χ4n) is 4.14. The van der Waals surface area contributed by atoms with Crippen LogP contribution in [0.4, 0.5) is 13.2 Å². The molecule has 1 aliphatic rings. The lowest BCUT2D eigenvalue weighted by Gasteiger charge is -2.32. The third kappa shape index (κ3) is 4.90. The van der Waals surface area contributed by atoms with Crippen molar-refractivity contribution in [1.82, 2.24) is 14.5 Å². The number of aliphatic hydroxyl groups is 1. The smallest absolute Gasteiger partial charge is 0.399 e. The highest BCUT2D eigenvalue weighted by Gasteiger charge is 2.51. The van der Waals surface area contributed by atoms with Crippen LogP contribution in [0, 0.1) is 6.92 Å². The van der Waals surface area contributed by atoms with Gasteiger partial charge < -0.3 is 14.4 Å². The van der Waals surface area contributed by atoms with Gasteiger partial charge in [0, 0.05) is 0 Å². The predicted molar refractivity (Wildman–Crippen MR) is 128 cm³/mol. The molecule has 1 aromatic heterocycles. The number of aromatic nitrogens is 2. The van der Waals surface area contributed by atoms with Crippen molar-refractivity contribution >= 4 is 23.6 Å². The standard InChI is InChI=1S/C24H29BF3N3O4/c1-15-12-16(25-34-22(2,3)23(4,5)35-25)10-11-17(15)31-19-9-7-6-8-18(19)30(21(31)33)13-20(32)29-14-24(26,27)28/h6-12,20,29,32H,13-14H2,1-5H3. The van der Waals surface area contributed by atoms with Gasteiger partial charge in [0.25, 0.3) is 0 Å². The van der Waals surface area contributed by atoms with Gasteiger partial charge in [-0.25, -0.2) is 4.79 Å². The molecule has 1 aliphatic heterocycles. The van der Waals surface area contributed by atoms with Gasteiger partial charge in [-0.1, -0.05) is 24.3 Å². The van der Waals surface area contributed by atoms with Gasteiger partial charge in [-0.3, -0.25) is 14.5 Å². The van der Waals surface area contributed by atoms with Crippen LogP contribution in [-0.2, 0) is 15.9 Å². The fraction of sp³-hybridized carbons (Fsp3) is 0.458. The van der Waals surface area contributed by atoms with Gasteiger partial charge >= 0.3 is 19.0 Å². The van der Waals surface area contributed by atoms with Gasteiger partial charge in [-0.2, -0.15) is 13.2 Å². The summed E-state index contributed by atoms with van der Waals surface area (Å²) >= 11 is 0. The first-order chi connectivity index (χ1) is 16.2. The topological polar surface area (TPSA) is 77.7 Å². The molecule has 2 aromatic carbocycles. The van der Waals surface area contributed by atoms with Crippen molar-refractivity contribution in [2.75, 3.05) is 6.54 Å². The highest BCUT2D eigenvalue weighted by Crippen LogP contribution is 2.36. The Hall–Kier alpha value is -2.60. The number of hydrogen-bond acceptors (Lipinski definition) is 5. The summed E-state index contributed by atoms with van der Waals surface area (Å²) in [4.78, 5) is 13.4. The quantitative estimate of drug-likeness (QED) is 0.410. The second-order valence-electron chi connectivity index (χ2n) is 9.86. The van der Waals surface area contributed by atoms with Crippen molar-refractivity contribution in [3.63, 3.8) is 0 Å². The van der Waals surface area contributed by atoms with Crippen LogP contribution in [0.25, 0.3) is 16.7 Å². The average molecular weight is 491 g/mol. The Morgan fingerprint density at radius 1 is 1.06 bits per heavy atom. The molecule has 1 unspecified atom stereocenters. The van der Waals surface area contributed by atoms with E-state index in [1.165, 1.54) is 9.13 Å². The van der Waals surface area contributed by atoms with E-state index in [9.17, 15) is 23.1 Å². The lowest BCUT2D eigenvalue weighted by molar-refractivity contribution is -0.131. The Bertz CT molecular complexity index is 1280.